The third-order valence-corrected chi connectivity index (χ3v) is 3.72. The first kappa shape index (κ1) is 13.7. The summed E-state index contributed by atoms with van der Waals surface area (Å²) < 4.78 is 44.2. The fourth-order valence-electron chi connectivity index (χ4n) is 1.55. The van der Waals surface area contributed by atoms with Gasteiger partial charge in [0.25, 0.3) is 0 Å². The Kier molecular flexibility index (Phi) is 3.96. The molecule has 0 amide bonds. The number of aromatic nitrogens is 1. The van der Waals surface area contributed by atoms with E-state index < -0.39 is 21.6 Å². The molecule has 0 aliphatic carbocycles. The number of rotatable bonds is 5. The van der Waals surface area contributed by atoms with E-state index in [9.17, 15) is 12.8 Å². The molecule has 0 saturated carbocycles. The highest BCUT2D eigenvalue weighted by Crippen LogP contribution is 2.10. The SMILES string of the molecule is Cc1cc(CNS(=O)(=O)Cc2ccccc2F)on1. The molecule has 7 heteroatoms. The van der Waals surface area contributed by atoms with E-state index in [1.807, 2.05) is 0 Å². The molecule has 0 saturated heterocycles. The van der Waals surface area contributed by atoms with Gasteiger partial charge in [0.15, 0.2) is 5.76 Å². The number of aryl methyl sites for hydroxylation is 1. The quantitative estimate of drug-likeness (QED) is 0.907. The molecule has 0 atom stereocenters. The lowest BCUT2D eigenvalue weighted by Gasteiger charge is -2.05. The summed E-state index contributed by atoms with van der Waals surface area (Å²) in [5.41, 5.74) is 0.798. The van der Waals surface area contributed by atoms with Crippen LogP contribution in [0.15, 0.2) is 34.9 Å². The van der Waals surface area contributed by atoms with Gasteiger partial charge >= 0.3 is 0 Å². The van der Waals surface area contributed by atoms with Crippen molar-refractivity contribution >= 4 is 10.0 Å². The molecular formula is C12H13FN2O3S. The number of hydrogen-bond acceptors (Lipinski definition) is 4. The normalized spacial score (nSPS) is 11.7. The smallest absolute Gasteiger partial charge is 0.216 e. The zero-order valence-corrected chi connectivity index (χ0v) is 11.1. The molecule has 1 aromatic heterocycles. The van der Waals surface area contributed by atoms with Crippen LogP contribution in [0.25, 0.3) is 0 Å². The molecule has 5 nitrogen and oxygen atoms in total. The van der Waals surface area contributed by atoms with Crippen LogP contribution in [0.4, 0.5) is 4.39 Å². The van der Waals surface area contributed by atoms with Gasteiger partial charge in [-0.2, -0.15) is 0 Å². The fourth-order valence-corrected chi connectivity index (χ4v) is 2.66. The Morgan fingerprint density at radius 2 is 2.11 bits per heavy atom. The summed E-state index contributed by atoms with van der Waals surface area (Å²) in [4.78, 5) is 0. The molecule has 0 aliphatic heterocycles. The Bertz CT molecular complexity index is 667. The van der Waals surface area contributed by atoms with Crippen LogP contribution >= 0.6 is 0 Å². The van der Waals surface area contributed by atoms with E-state index >= 15 is 0 Å². The maximum absolute atomic E-state index is 13.4. The van der Waals surface area contributed by atoms with Crippen LogP contribution < -0.4 is 4.72 Å². The predicted molar refractivity (Wildman–Crippen MR) is 67.1 cm³/mol. The van der Waals surface area contributed by atoms with Crippen LogP contribution in [0.1, 0.15) is 17.0 Å². The Morgan fingerprint density at radius 3 is 2.74 bits per heavy atom. The van der Waals surface area contributed by atoms with E-state index in [1.54, 1.807) is 19.1 Å². The summed E-state index contributed by atoms with van der Waals surface area (Å²) in [5, 5.41) is 3.65. The van der Waals surface area contributed by atoms with Gasteiger partial charge in [-0.05, 0) is 13.0 Å². The summed E-state index contributed by atoms with van der Waals surface area (Å²) in [5.74, 6) is -0.537. The summed E-state index contributed by atoms with van der Waals surface area (Å²) in [6.07, 6.45) is 0. The van der Waals surface area contributed by atoms with Crippen molar-refractivity contribution in [2.45, 2.75) is 19.2 Å². The van der Waals surface area contributed by atoms with Crippen molar-refractivity contribution in [3.05, 3.63) is 53.2 Å². The predicted octanol–water partition coefficient (Wildman–Crippen LogP) is 1.74. The first-order valence-corrected chi connectivity index (χ1v) is 7.24. The summed E-state index contributed by atoms with van der Waals surface area (Å²) >= 11 is 0. The molecule has 0 aliphatic rings. The zero-order valence-electron chi connectivity index (χ0n) is 10.3. The Balaban J connectivity index is 2.01. The molecule has 0 spiro atoms. The van der Waals surface area contributed by atoms with Gasteiger partial charge < -0.3 is 4.52 Å². The maximum Gasteiger partial charge on any atom is 0.216 e. The standard InChI is InChI=1S/C12H13FN2O3S/c1-9-6-11(18-15-9)7-14-19(16,17)8-10-4-2-3-5-12(10)13/h2-6,14H,7-8H2,1H3. The molecule has 102 valence electrons. The number of nitrogens with one attached hydrogen (secondary N) is 1. The average molecular weight is 284 g/mol. The van der Waals surface area contributed by atoms with Crippen LogP contribution in [0.3, 0.4) is 0 Å². The lowest BCUT2D eigenvalue weighted by atomic mass is 10.2. The monoisotopic (exact) mass is 284 g/mol. The maximum atomic E-state index is 13.4. The Labute approximate surface area is 110 Å². The average Bonchev–Trinajstić information content (AvgIpc) is 2.76. The van der Waals surface area contributed by atoms with Crippen LogP contribution in [0.2, 0.25) is 0 Å². The molecule has 1 N–H and O–H groups in total. The second kappa shape index (κ2) is 5.50. The second-order valence-electron chi connectivity index (χ2n) is 4.11. The van der Waals surface area contributed by atoms with Crippen molar-refractivity contribution < 1.29 is 17.3 Å². The molecule has 2 rings (SSSR count). The molecule has 0 unspecified atom stereocenters. The van der Waals surface area contributed by atoms with E-state index in [4.69, 9.17) is 4.52 Å². The Hall–Kier alpha value is -1.73. The third kappa shape index (κ3) is 3.87. The van der Waals surface area contributed by atoms with Crippen molar-refractivity contribution in [1.29, 1.82) is 0 Å². The number of benzene rings is 1. The Morgan fingerprint density at radius 1 is 1.37 bits per heavy atom. The van der Waals surface area contributed by atoms with Crippen molar-refractivity contribution in [1.82, 2.24) is 9.88 Å². The number of hydrogen-bond donors (Lipinski definition) is 1. The minimum Gasteiger partial charge on any atom is -0.360 e. The van der Waals surface area contributed by atoms with Gasteiger partial charge in [-0.1, -0.05) is 23.4 Å². The van der Waals surface area contributed by atoms with E-state index in [0.29, 0.717) is 11.5 Å². The minimum absolute atomic E-state index is 0.00236. The summed E-state index contributed by atoms with van der Waals surface area (Å²) in [6.45, 7) is 1.73. The summed E-state index contributed by atoms with van der Waals surface area (Å²) in [6, 6.07) is 7.40. The van der Waals surface area contributed by atoms with Gasteiger partial charge in [-0.15, -0.1) is 0 Å². The fraction of sp³-hybridized carbons (Fsp3) is 0.250. The number of sulfonamides is 1. The second-order valence-corrected chi connectivity index (χ2v) is 5.91. The summed E-state index contributed by atoms with van der Waals surface area (Å²) in [7, 11) is -3.62. The first-order chi connectivity index (χ1) is 8.96. The van der Waals surface area contributed by atoms with Crippen molar-refractivity contribution in [2.24, 2.45) is 0 Å². The highest BCUT2D eigenvalue weighted by atomic mass is 32.2. The van der Waals surface area contributed by atoms with Crippen molar-refractivity contribution in [2.75, 3.05) is 0 Å². The van der Waals surface area contributed by atoms with Gasteiger partial charge in [-0.25, -0.2) is 17.5 Å². The zero-order chi connectivity index (χ0) is 13.9. The molecule has 1 aromatic carbocycles. The lowest BCUT2D eigenvalue weighted by molar-refractivity contribution is 0.377. The topological polar surface area (TPSA) is 72.2 Å². The highest BCUT2D eigenvalue weighted by molar-refractivity contribution is 7.88. The van der Waals surface area contributed by atoms with Crippen LogP contribution in [0, 0.1) is 12.7 Å². The van der Waals surface area contributed by atoms with E-state index in [-0.39, 0.29) is 12.1 Å². The van der Waals surface area contributed by atoms with Gasteiger partial charge in [0.2, 0.25) is 10.0 Å². The van der Waals surface area contributed by atoms with Crippen LogP contribution in [-0.4, -0.2) is 13.6 Å². The van der Waals surface area contributed by atoms with E-state index in [1.165, 1.54) is 18.2 Å². The highest BCUT2D eigenvalue weighted by Gasteiger charge is 2.15. The van der Waals surface area contributed by atoms with Crippen molar-refractivity contribution in [3.63, 3.8) is 0 Å². The lowest BCUT2D eigenvalue weighted by Crippen LogP contribution is -2.24. The molecule has 19 heavy (non-hydrogen) atoms. The molecule has 2 aromatic rings. The number of halogens is 1. The van der Waals surface area contributed by atoms with Crippen molar-refractivity contribution in [3.8, 4) is 0 Å². The molecule has 1 heterocycles. The third-order valence-electron chi connectivity index (χ3n) is 2.45. The van der Waals surface area contributed by atoms with Gasteiger partial charge in [0.1, 0.15) is 5.82 Å². The van der Waals surface area contributed by atoms with E-state index in [2.05, 4.69) is 9.88 Å². The van der Waals surface area contributed by atoms with Gasteiger partial charge in [0.05, 0.1) is 18.0 Å². The van der Waals surface area contributed by atoms with Crippen LogP contribution in [0.5, 0.6) is 0 Å². The molecule has 0 fully saturated rings. The van der Waals surface area contributed by atoms with Gasteiger partial charge in [-0.3, -0.25) is 0 Å². The van der Waals surface area contributed by atoms with Crippen LogP contribution in [-0.2, 0) is 22.3 Å². The minimum atomic E-state index is -3.62. The molecule has 0 radical (unpaired) electrons. The largest absolute Gasteiger partial charge is 0.360 e. The molecule has 0 bridgehead atoms. The van der Waals surface area contributed by atoms with E-state index in [0.717, 1.165) is 0 Å². The molecular weight excluding hydrogens is 271 g/mol. The van der Waals surface area contributed by atoms with Gasteiger partial charge in [0, 0.05) is 11.6 Å². The number of nitrogens with zero attached hydrogens (tertiary/aromatic N) is 1. The first-order valence-electron chi connectivity index (χ1n) is 5.59.